The Morgan fingerprint density at radius 1 is 1.24 bits per heavy atom. The summed E-state index contributed by atoms with van der Waals surface area (Å²) in [6.45, 7) is 0.916. The largest absolute Gasteiger partial charge is 0.393 e. The first-order chi connectivity index (χ1) is 11.9. The van der Waals surface area contributed by atoms with Crippen LogP contribution in [0.3, 0.4) is 0 Å². The summed E-state index contributed by atoms with van der Waals surface area (Å²) in [6, 6.07) is 9.74. The van der Waals surface area contributed by atoms with Crippen LogP contribution in [0, 0.1) is 10.7 Å². The van der Waals surface area contributed by atoms with Gasteiger partial charge in [0.1, 0.15) is 5.82 Å². The normalized spacial score (nSPS) is 19.6. The van der Waals surface area contributed by atoms with Crippen LogP contribution >= 0.6 is 12.2 Å². The maximum absolute atomic E-state index is 12.9. The number of aromatic nitrogens is 3. The van der Waals surface area contributed by atoms with E-state index in [-0.39, 0.29) is 19.6 Å². The van der Waals surface area contributed by atoms with Crippen molar-refractivity contribution in [2.75, 3.05) is 13.1 Å². The van der Waals surface area contributed by atoms with E-state index in [1.165, 1.54) is 0 Å². The molecule has 0 amide bonds. The Bertz CT molecular complexity index is 779. The summed E-state index contributed by atoms with van der Waals surface area (Å²) in [7, 11) is 0. The standard InChI is InChI=1S/C17H19F3N4S/c18-17(19,20)14-7-4-10-23(11-14)12-24-16(25)21-15(22-24)9-8-13-5-2-1-3-6-13/h1-3,5-6,8-9,14H,4,7,10-12H2,(H,21,22,25)/b9-8+. The van der Waals surface area contributed by atoms with Crippen LogP contribution in [-0.4, -0.2) is 38.9 Å². The summed E-state index contributed by atoms with van der Waals surface area (Å²) < 4.78 is 40.7. The first-order valence-electron chi connectivity index (χ1n) is 8.11. The molecule has 1 N–H and O–H groups in total. The summed E-state index contributed by atoms with van der Waals surface area (Å²) in [5.74, 6) is -0.686. The number of hydrogen-bond acceptors (Lipinski definition) is 3. The van der Waals surface area contributed by atoms with E-state index in [1.54, 1.807) is 15.7 Å². The fourth-order valence-electron chi connectivity index (χ4n) is 2.94. The monoisotopic (exact) mass is 368 g/mol. The minimum Gasteiger partial charge on any atom is -0.284 e. The summed E-state index contributed by atoms with van der Waals surface area (Å²) in [4.78, 5) is 6.01. The Morgan fingerprint density at radius 3 is 2.72 bits per heavy atom. The fraction of sp³-hybridized carbons (Fsp3) is 0.412. The summed E-state index contributed by atoms with van der Waals surface area (Å²) in [5.41, 5.74) is 1.03. The van der Waals surface area contributed by atoms with E-state index >= 15 is 0 Å². The lowest BCUT2D eigenvalue weighted by atomic mass is 9.98. The van der Waals surface area contributed by atoms with Crippen molar-refractivity contribution in [1.82, 2.24) is 19.7 Å². The van der Waals surface area contributed by atoms with E-state index in [1.807, 2.05) is 36.4 Å². The topological polar surface area (TPSA) is 36.9 Å². The van der Waals surface area contributed by atoms with Gasteiger partial charge in [0.25, 0.3) is 0 Å². The first-order valence-corrected chi connectivity index (χ1v) is 8.52. The molecule has 1 unspecified atom stereocenters. The second-order valence-corrected chi connectivity index (χ2v) is 6.53. The van der Waals surface area contributed by atoms with Crippen molar-refractivity contribution in [3.05, 3.63) is 46.5 Å². The molecule has 0 bridgehead atoms. The van der Waals surface area contributed by atoms with Crippen LogP contribution in [0.25, 0.3) is 12.2 Å². The van der Waals surface area contributed by atoms with Gasteiger partial charge in [-0.3, -0.25) is 10.00 Å². The fourth-order valence-corrected chi connectivity index (χ4v) is 3.14. The molecule has 2 heterocycles. The minimum absolute atomic E-state index is 0.000515. The van der Waals surface area contributed by atoms with Gasteiger partial charge in [-0.05, 0) is 43.2 Å². The van der Waals surface area contributed by atoms with Gasteiger partial charge in [0.2, 0.25) is 4.77 Å². The van der Waals surface area contributed by atoms with Gasteiger partial charge in [0.15, 0.2) is 0 Å². The van der Waals surface area contributed by atoms with Gasteiger partial charge in [-0.1, -0.05) is 36.4 Å². The molecule has 0 spiro atoms. The maximum Gasteiger partial charge on any atom is 0.393 e. The van der Waals surface area contributed by atoms with Crippen molar-refractivity contribution in [1.29, 1.82) is 0 Å². The molecule has 1 aliphatic rings. The summed E-state index contributed by atoms with van der Waals surface area (Å²) in [6.07, 6.45) is 0.290. The lowest BCUT2D eigenvalue weighted by Crippen LogP contribution is -2.42. The quantitative estimate of drug-likeness (QED) is 0.816. The molecular weight excluding hydrogens is 349 g/mol. The van der Waals surface area contributed by atoms with E-state index < -0.39 is 12.1 Å². The van der Waals surface area contributed by atoms with Crippen LogP contribution in [0.5, 0.6) is 0 Å². The maximum atomic E-state index is 12.9. The Kier molecular flexibility index (Phi) is 5.39. The number of nitrogens with one attached hydrogen (secondary N) is 1. The highest BCUT2D eigenvalue weighted by Crippen LogP contribution is 2.33. The van der Waals surface area contributed by atoms with Gasteiger partial charge >= 0.3 is 6.18 Å². The van der Waals surface area contributed by atoms with Crippen molar-refractivity contribution >= 4 is 24.4 Å². The molecule has 2 aromatic rings. The van der Waals surface area contributed by atoms with Crippen molar-refractivity contribution in [2.24, 2.45) is 5.92 Å². The molecule has 4 nitrogen and oxygen atoms in total. The predicted molar refractivity (Wildman–Crippen MR) is 93.1 cm³/mol. The molecule has 134 valence electrons. The third-order valence-corrected chi connectivity index (χ3v) is 4.55. The van der Waals surface area contributed by atoms with Gasteiger partial charge in [-0.25, -0.2) is 4.68 Å². The third kappa shape index (κ3) is 4.79. The highest BCUT2D eigenvalue weighted by Gasteiger charge is 2.41. The second-order valence-electron chi connectivity index (χ2n) is 6.16. The Balaban J connectivity index is 1.67. The molecule has 1 atom stereocenters. The van der Waals surface area contributed by atoms with Gasteiger partial charge < -0.3 is 0 Å². The van der Waals surface area contributed by atoms with Crippen LogP contribution in [-0.2, 0) is 6.67 Å². The Labute approximate surface area is 149 Å². The number of alkyl halides is 3. The number of benzene rings is 1. The van der Waals surface area contributed by atoms with Crippen LogP contribution in [0.15, 0.2) is 30.3 Å². The van der Waals surface area contributed by atoms with Crippen LogP contribution in [0.1, 0.15) is 24.2 Å². The molecular formula is C17H19F3N4S. The van der Waals surface area contributed by atoms with Gasteiger partial charge in [-0.2, -0.15) is 18.2 Å². The average molecular weight is 368 g/mol. The SMILES string of the molecule is FC(F)(F)C1CCCN(Cn2[nH]c(/C=C/c3ccccc3)nc2=S)C1. The number of halogens is 3. The zero-order valence-corrected chi connectivity index (χ0v) is 14.4. The Morgan fingerprint density at radius 2 is 2.00 bits per heavy atom. The number of nitrogens with zero attached hydrogens (tertiary/aromatic N) is 3. The number of aromatic amines is 1. The average Bonchev–Trinajstić information content (AvgIpc) is 2.93. The number of rotatable bonds is 4. The number of hydrogen-bond donors (Lipinski definition) is 1. The number of piperidine rings is 1. The lowest BCUT2D eigenvalue weighted by Gasteiger charge is -2.33. The van der Waals surface area contributed by atoms with E-state index in [0.717, 1.165) is 5.56 Å². The van der Waals surface area contributed by atoms with Crippen molar-refractivity contribution in [2.45, 2.75) is 25.7 Å². The highest BCUT2D eigenvalue weighted by atomic mass is 32.1. The molecule has 25 heavy (non-hydrogen) atoms. The first kappa shape index (κ1) is 17.9. The van der Waals surface area contributed by atoms with Crippen molar-refractivity contribution in [3.8, 4) is 0 Å². The Hall–Kier alpha value is -1.93. The van der Waals surface area contributed by atoms with E-state index in [0.29, 0.717) is 23.6 Å². The molecule has 1 aliphatic heterocycles. The van der Waals surface area contributed by atoms with Crippen LogP contribution in [0.2, 0.25) is 0 Å². The van der Waals surface area contributed by atoms with Gasteiger partial charge in [-0.15, -0.1) is 0 Å². The van der Waals surface area contributed by atoms with E-state index in [4.69, 9.17) is 12.2 Å². The smallest absolute Gasteiger partial charge is 0.284 e. The highest BCUT2D eigenvalue weighted by molar-refractivity contribution is 7.71. The molecule has 1 aromatic heterocycles. The third-order valence-electron chi connectivity index (χ3n) is 4.24. The molecule has 0 saturated carbocycles. The van der Waals surface area contributed by atoms with E-state index in [2.05, 4.69) is 10.1 Å². The second kappa shape index (κ2) is 7.53. The van der Waals surface area contributed by atoms with Crippen LogP contribution in [0.4, 0.5) is 13.2 Å². The lowest BCUT2D eigenvalue weighted by molar-refractivity contribution is -0.188. The zero-order valence-electron chi connectivity index (χ0n) is 13.5. The number of likely N-dealkylation sites (tertiary alicyclic amines) is 1. The minimum atomic E-state index is -4.14. The van der Waals surface area contributed by atoms with E-state index in [9.17, 15) is 13.2 Å². The van der Waals surface area contributed by atoms with Gasteiger partial charge in [0, 0.05) is 6.54 Å². The molecule has 1 aromatic carbocycles. The molecule has 0 aliphatic carbocycles. The van der Waals surface area contributed by atoms with Crippen LogP contribution < -0.4 is 0 Å². The summed E-state index contributed by atoms with van der Waals surface area (Å²) >= 11 is 5.21. The van der Waals surface area contributed by atoms with Gasteiger partial charge in [0.05, 0.1) is 12.6 Å². The molecule has 1 saturated heterocycles. The molecule has 8 heteroatoms. The molecule has 3 rings (SSSR count). The number of H-pyrrole nitrogens is 1. The van der Waals surface area contributed by atoms with Crippen molar-refractivity contribution < 1.29 is 13.2 Å². The predicted octanol–water partition coefficient (Wildman–Crippen LogP) is 4.34. The molecule has 0 radical (unpaired) electrons. The summed E-state index contributed by atoms with van der Waals surface area (Å²) in [5, 5.41) is 3.04. The zero-order chi connectivity index (χ0) is 17.9. The molecule has 1 fully saturated rings. The van der Waals surface area contributed by atoms with Crippen molar-refractivity contribution in [3.63, 3.8) is 0 Å².